The van der Waals surface area contributed by atoms with Crippen LogP contribution < -0.4 is 20.5 Å². The molecule has 0 aliphatic heterocycles. The average Bonchev–Trinajstić information content (AvgIpc) is 2.93. The Morgan fingerprint density at radius 2 is 1.59 bits per heavy atom. The van der Waals surface area contributed by atoms with Crippen LogP contribution in [-0.4, -0.2) is 44.4 Å². The number of nitrogens with one attached hydrogen (secondary N) is 1. The summed E-state index contributed by atoms with van der Waals surface area (Å²) in [5, 5.41) is 13.1. The summed E-state index contributed by atoms with van der Waals surface area (Å²) in [5.41, 5.74) is 8.76. The summed E-state index contributed by atoms with van der Waals surface area (Å²) >= 11 is 0. The fourth-order valence-electron chi connectivity index (χ4n) is 3.54. The van der Waals surface area contributed by atoms with Crippen LogP contribution in [-0.2, 0) is 28.8 Å². The molecule has 4 N–H and O–H groups in total. The molecule has 200 valence electrons. The molecule has 7 nitrogen and oxygen atoms in total. The highest BCUT2D eigenvalue weighted by atomic mass is 31.1. The number of hydrogen-bond acceptors (Lipinski definition) is 7. The monoisotopic (exact) mass is 526 g/mol. The standard InChI is InChI=1S/C29H39N2O5P/c30-21-26-20-28(12-13-29(26)32)34-18-4-15-31-16-14-24-8-10-27(11-9-24)35-23-37-36-19-5-17-33-22-25-6-2-1-3-7-25/h1-3,6-13,20,31-32,37H,4-5,14-19,21-23,30H2. The van der Waals surface area contributed by atoms with Gasteiger partial charge in [-0.25, -0.2) is 0 Å². The van der Waals surface area contributed by atoms with Gasteiger partial charge in [-0.15, -0.1) is 0 Å². The van der Waals surface area contributed by atoms with E-state index in [9.17, 15) is 5.11 Å². The fourth-order valence-corrected chi connectivity index (χ4v) is 4.13. The first-order valence-corrected chi connectivity index (χ1v) is 13.9. The molecule has 8 heteroatoms. The van der Waals surface area contributed by atoms with Crippen molar-refractivity contribution in [3.8, 4) is 17.2 Å². The van der Waals surface area contributed by atoms with Gasteiger partial charge in [-0.3, -0.25) is 0 Å². The van der Waals surface area contributed by atoms with Crippen molar-refractivity contribution in [3.63, 3.8) is 0 Å². The van der Waals surface area contributed by atoms with Gasteiger partial charge in [0.25, 0.3) is 0 Å². The molecular formula is C29H39N2O5P. The number of ether oxygens (including phenoxy) is 3. The van der Waals surface area contributed by atoms with Crippen LogP contribution in [0.4, 0.5) is 0 Å². The van der Waals surface area contributed by atoms with E-state index in [4.69, 9.17) is 24.5 Å². The van der Waals surface area contributed by atoms with Gasteiger partial charge < -0.3 is 34.9 Å². The maximum Gasteiger partial charge on any atom is 0.129 e. The van der Waals surface area contributed by atoms with E-state index in [0.717, 1.165) is 43.9 Å². The zero-order chi connectivity index (χ0) is 26.0. The third-order valence-corrected chi connectivity index (χ3v) is 6.27. The van der Waals surface area contributed by atoms with Crippen LogP contribution in [0.5, 0.6) is 17.2 Å². The van der Waals surface area contributed by atoms with Crippen molar-refractivity contribution < 1.29 is 23.8 Å². The van der Waals surface area contributed by atoms with Gasteiger partial charge in [0.15, 0.2) is 0 Å². The van der Waals surface area contributed by atoms with E-state index in [-0.39, 0.29) is 5.75 Å². The minimum absolute atomic E-state index is 0.206. The molecular weight excluding hydrogens is 487 g/mol. The minimum Gasteiger partial charge on any atom is -0.508 e. The summed E-state index contributed by atoms with van der Waals surface area (Å²) < 4.78 is 22.8. The summed E-state index contributed by atoms with van der Waals surface area (Å²) in [6.45, 7) is 4.70. The zero-order valence-electron chi connectivity index (χ0n) is 21.4. The van der Waals surface area contributed by atoms with Crippen molar-refractivity contribution in [2.75, 3.05) is 39.3 Å². The molecule has 0 aliphatic carbocycles. The lowest BCUT2D eigenvalue weighted by Crippen LogP contribution is -2.20. The molecule has 0 fully saturated rings. The van der Waals surface area contributed by atoms with Crippen molar-refractivity contribution in [3.05, 3.63) is 89.5 Å². The Morgan fingerprint density at radius 3 is 2.41 bits per heavy atom. The van der Waals surface area contributed by atoms with Gasteiger partial charge in [0.05, 0.1) is 28.6 Å². The molecule has 0 aromatic heterocycles. The summed E-state index contributed by atoms with van der Waals surface area (Å²) in [7, 11) is 0.314. The second-order valence-electron chi connectivity index (χ2n) is 8.51. The Bertz CT molecular complexity index is 1000. The molecule has 0 saturated carbocycles. The Morgan fingerprint density at radius 1 is 0.784 bits per heavy atom. The number of nitrogens with two attached hydrogens (primary N) is 1. The molecule has 0 radical (unpaired) electrons. The van der Waals surface area contributed by atoms with Gasteiger partial charge >= 0.3 is 0 Å². The van der Waals surface area contributed by atoms with Crippen molar-refractivity contribution in [2.24, 2.45) is 5.73 Å². The first kappa shape index (κ1) is 28.9. The Labute approximate surface area is 222 Å². The molecule has 3 aromatic rings. The van der Waals surface area contributed by atoms with E-state index >= 15 is 0 Å². The van der Waals surface area contributed by atoms with Crippen LogP contribution in [0.25, 0.3) is 0 Å². The lowest BCUT2D eigenvalue weighted by Gasteiger charge is -2.10. The first-order valence-electron chi connectivity index (χ1n) is 12.8. The maximum atomic E-state index is 9.67. The maximum absolute atomic E-state index is 9.67. The van der Waals surface area contributed by atoms with Crippen LogP contribution in [0, 0.1) is 0 Å². The smallest absolute Gasteiger partial charge is 0.129 e. The highest BCUT2D eigenvalue weighted by molar-refractivity contribution is 7.31. The number of aromatic hydroxyl groups is 1. The number of benzene rings is 3. The van der Waals surface area contributed by atoms with E-state index in [1.165, 1.54) is 11.1 Å². The van der Waals surface area contributed by atoms with Crippen LogP contribution >= 0.6 is 8.81 Å². The second kappa shape index (κ2) is 17.7. The summed E-state index contributed by atoms with van der Waals surface area (Å²) in [4.78, 5) is 0. The van der Waals surface area contributed by atoms with Crippen LogP contribution in [0.3, 0.4) is 0 Å². The predicted molar refractivity (Wildman–Crippen MR) is 150 cm³/mol. The molecule has 0 aliphatic rings. The van der Waals surface area contributed by atoms with Crippen LogP contribution in [0.15, 0.2) is 72.8 Å². The molecule has 3 aromatic carbocycles. The van der Waals surface area contributed by atoms with Gasteiger partial charge in [-0.1, -0.05) is 42.5 Å². The number of phenolic OH excluding ortho intramolecular Hbond substituents is 1. The number of phenols is 1. The number of hydrogen-bond donors (Lipinski definition) is 3. The predicted octanol–water partition coefficient (Wildman–Crippen LogP) is 5.01. The van der Waals surface area contributed by atoms with Gasteiger partial charge in [0.1, 0.15) is 23.6 Å². The average molecular weight is 527 g/mol. The van der Waals surface area contributed by atoms with E-state index in [2.05, 4.69) is 29.6 Å². The quantitative estimate of drug-likeness (QED) is 0.149. The zero-order valence-corrected chi connectivity index (χ0v) is 22.4. The molecule has 0 saturated heterocycles. The normalized spacial score (nSPS) is 11.3. The topological polar surface area (TPSA) is 95.2 Å². The molecule has 0 heterocycles. The second-order valence-corrected chi connectivity index (χ2v) is 9.38. The Balaban J connectivity index is 1.14. The fraction of sp³-hybridized carbons (Fsp3) is 0.379. The molecule has 0 amide bonds. The van der Waals surface area contributed by atoms with Gasteiger partial charge in [0, 0.05) is 18.7 Å². The minimum atomic E-state index is 0.206. The van der Waals surface area contributed by atoms with Crippen molar-refractivity contribution in [2.45, 2.75) is 32.4 Å². The van der Waals surface area contributed by atoms with E-state index in [1.807, 2.05) is 30.3 Å². The molecule has 37 heavy (non-hydrogen) atoms. The molecule has 1 atom stereocenters. The van der Waals surface area contributed by atoms with Gasteiger partial charge in [-0.2, -0.15) is 0 Å². The van der Waals surface area contributed by atoms with Crippen molar-refractivity contribution in [1.29, 1.82) is 0 Å². The largest absolute Gasteiger partial charge is 0.508 e. The van der Waals surface area contributed by atoms with Crippen LogP contribution in [0.1, 0.15) is 29.5 Å². The van der Waals surface area contributed by atoms with E-state index in [1.54, 1.807) is 18.2 Å². The summed E-state index contributed by atoms with van der Waals surface area (Å²) in [6, 6.07) is 23.6. The highest BCUT2D eigenvalue weighted by Crippen LogP contribution is 2.22. The molecule has 0 spiro atoms. The molecule has 1 unspecified atom stereocenters. The lowest BCUT2D eigenvalue weighted by molar-refractivity contribution is 0.109. The van der Waals surface area contributed by atoms with E-state index in [0.29, 0.717) is 53.7 Å². The first-order chi connectivity index (χ1) is 18.2. The highest BCUT2D eigenvalue weighted by Gasteiger charge is 2.02. The van der Waals surface area contributed by atoms with Crippen LogP contribution in [0.2, 0.25) is 0 Å². The van der Waals surface area contributed by atoms with Crippen molar-refractivity contribution >= 4 is 8.81 Å². The Kier molecular flexibility index (Phi) is 13.8. The van der Waals surface area contributed by atoms with Gasteiger partial charge in [0.2, 0.25) is 0 Å². The number of rotatable bonds is 19. The summed E-state index contributed by atoms with van der Waals surface area (Å²) in [5.74, 6) is 1.80. The van der Waals surface area contributed by atoms with Crippen molar-refractivity contribution in [1.82, 2.24) is 5.32 Å². The Hall–Kier alpha value is -2.67. The molecule has 0 bridgehead atoms. The molecule has 3 rings (SSSR count). The lowest BCUT2D eigenvalue weighted by atomic mass is 10.1. The summed E-state index contributed by atoms with van der Waals surface area (Å²) in [6.07, 6.45) is 3.29. The SMILES string of the molecule is NCc1cc(OCCCNCCc2ccc(OCPOCCCOCc3ccccc3)cc2)ccc1O. The van der Waals surface area contributed by atoms with Gasteiger partial charge in [-0.05, 0) is 73.8 Å². The third kappa shape index (κ3) is 11.9. The van der Waals surface area contributed by atoms with E-state index < -0.39 is 0 Å². The third-order valence-electron chi connectivity index (χ3n) is 5.60.